The van der Waals surface area contributed by atoms with Crippen LogP contribution >= 0.6 is 11.6 Å². The highest BCUT2D eigenvalue weighted by Crippen LogP contribution is 2.41. The molecule has 0 bridgehead atoms. The lowest BCUT2D eigenvalue weighted by Gasteiger charge is -2.15. The summed E-state index contributed by atoms with van der Waals surface area (Å²) in [5.74, 6) is -1.15. The summed E-state index contributed by atoms with van der Waals surface area (Å²) in [6.45, 7) is 1.62. The van der Waals surface area contributed by atoms with Gasteiger partial charge in [0.05, 0.1) is 16.1 Å². The van der Waals surface area contributed by atoms with E-state index in [4.69, 9.17) is 16.7 Å². The van der Waals surface area contributed by atoms with Crippen molar-refractivity contribution in [1.29, 1.82) is 0 Å². The maximum Gasteiger partial charge on any atom is 0.417 e. The fraction of sp³-hybridized carbons (Fsp3) is 0.133. The Kier molecular flexibility index (Phi) is 3.96. The summed E-state index contributed by atoms with van der Waals surface area (Å²) in [5, 5.41) is 8.54. The van der Waals surface area contributed by atoms with Gasteiger partial charge in [-0.15, -0.1) is 0 Å². The van der Waals surface area contributed by atoms with Gasteiger partial charge in [-0.1, -0.05) is 29.8 Å². The van der Waals surface area contributed by atoms with E-state index in [2.05, 4.69) is 0 Å². The lowest BCUT2D eigenvalue weighted by atomic mass is 9.96. The van der Waals surface area contributed by atoms with Crippen LogP contribution in [0.25, 0.3) is 11.1 Å². The van der Waals surface area contributed by atoms with Crippen molar-refractivity contribution in [3.8, 4) is 11.1 Å². The number of hydrogen-bond acceptors (Lipinski definition) is 1. The van der Waals surface area contributed by atoms with Crippen molar-refractivity contribution in [3.63, 3.8) is 0 Å². The van der Waals surface area contributed by atoms with E-state index in [9.17, 15) is 18.0 Å². The zero-order valence-electron chi connectivity index (χ0n) is 10.8. The summed E-state index contributed by atoms with van der Waals surface area (Å²) in [4.78, 5) is 11.0. The van der Waals surface area contributed by atoms with Gasteiger partial charge in [-0.2, -0.15) is 13.2 Å². The van der Waals surface area contributed by atoms with Crippen LogP contribution < -0.4 is 0 Å². The van der Waals surface area contributed by atoms with Crippen molar-refractivity contribution in [2.24, 2.45) is 0 Å². The molecule has 2 aromatic rings. The number of halogens is 4. The third kappa shape index (κ3) is 3.03. The average molecular weight is 315 g/mol. The highest BCUT2D eigenvalue weighted by Gasteiger charge is 2.34. The van der Waals surface area contributed by atoms with Gasteiger partial charge in [-0.3, -0.25) is 0 Å². The third-order valence-electron chi connectivity index (χ3n) is 3.05. The van der Waals surface area contributed by atoms with E-state index in [1.165, 1.54) is 30.3 Å². The number of aryl methyl sites for hydroxylation is 1. The summed E-state index contributed by atoms with van der Waals surface area (Å²) in [5.41, 5.74) is 0.111. The van der Waals surface area contributed by atoms with E-state index in [1.54, 1.807) is 6.92 Å². The van der Waals surface area contributed by atoms with Gasteiger partial charge in [-0.05, 0) is 36.2 Å². The van der Waals surface area contributed by atoms with Gasteiger partial charge in [0.1, 0.15) is 0 Å². The Morgan fingerprint density at radius 3 is 2.43 bits per heavy atom. The molecule has 0 aliphatic carbocycles. The lowest BCUT2D eigenvalue weighted by molar-refractivity contribution is -0.137. The molecule has 2 rings (SSSR count). The van der Waals surface area contributed by atoms with Crippen LogP contribution in [-0.2, 0) is 6.18 Å². The molecule has 0 aliphatic heterocycles. The third-order valence-corrected chi connectivity index (χ3v) is 3.45. The maximum absolute atomic E-state index is 12.9. The molecule has 0 radical (unpaired) electrons. The average Bonchev–Trinajstić information content (AvgIpc) is 2.37. The Balaban J connectivity index is 2.69. The van der Waals surface area contributed by atoms with Crippen molar-refractivity contribution in [3.05, 3.63) is 58.1 Å². The van der Waals surface area contributed by atoms with Crippen molar-refractivity contribution >= 4 is 17.6 Å². The van der Waals surface area contributed by atoms with Gasteiger partial charge in [0.15, 0.2) is 0 Å². The normalized spacial score (nSPS) is 11.5. The van der Waals surface area contributed by atoms with Crippen LogP contribution in [0.15, 0.2) is 36.4 Å². The van der Waals surface area contributed by atoms with E-state index >= 15 is 0 Å². The molecule has 0 heterocycles. The van der Waals surface area contributed by atoms with Crippen LogP contribution in [0.5, 0.6) is 0 Å². The minimum atomic E-state index is -4.57. The maximum atomic E-state index is 12.9. The van der Waals surface area contributed by atoms with E-state index < -0.39 is 22.7 Å². The molecule has 110 valence electrons. The first-order valence-corrected chi connectivity index (χ1v) is 6.29. The predicted octanol–water partition coefficient (Wildman–Crippen LogP) is 5.03. The number of rotatable bonds is 2. The largest absolute Gasteiger partial charge is 0.478 e. The molecule has 2 nitrogen and oxygen atoms in total. The van der Waals surface area contributed by atoms with Gasteiger partial charge in [0.25, 0.3) is 0 Å². The van der Waals surface area contributed by atoms with Crippen molar-refractivity contribution in [2.75, 3.05) is 0 Å². The fourth-order valence-electron chi connectivity index (χ4n) is 2.05. The number of carboxylic acid groups (broad SMARTS) is 1. The van der Waals surface area contributed by atoms with Gasteiger partial charge in [0.2, 0.25) is 0 Å². The summed E-state index contributed by atoms with van der Waals surface area (Å²) < 4.78 is 38.7. The molecular weight excluding hydrogens is 305 g/mol. The van der Waals surface area contributed by atoms with Gasteiger partial charge >= 0.3 is 12.1 Å². The van der Waals surface area contributed by atoms with Gasteiger partial charge < -0.3 is 5.11 Å². The Morgan fingerprint density at radius 2 is 1.86 bits per heavy atom. The molecular formula is C15H10ClF3O2. The molecule has 0 saturated heterocycles. The van der Waals surface area contributed by atoms with E-state index in [1.807, 2.05) is 0 Å². The van der Waals surface area contributed by atoms with Crippen LogP contribution in [-0.4, -0.2) is 11.1 Å². The fourth-order valence-corrected chi connectivity index (χ4v) is 2.48. The SMILES string of the molecule is Cc1ccc(C(F)(F)F)c(Cl)c1-c1cccc(C(=O)O)c1. The van der Waals surface area contributed by atoms with E-state index in [0.29, 0.717) is 11.1 Å². The molecule has 0 aliphatic rings. The van der Waals surface area contributed by atoms with E-state index in [-0.39, 0.29) is 11.1 Å². The summed E-state index contributed by atoms with van der Waals surface area (Å²) in [6.07, 6.45) is -4.57. The van der Waals surface area contributed by atoms with Crippen molar-refractivity contribution in [1.82, 2.24) is 0 Å². The zero-order chi connectivity index (χ0) is 15.8. The number of alkyl halides is 3. The highest BCUT2D eigenvalue weighted by molar-refractivity contribution is 6.34. The first kappa shape index (κ1) is 15.4. The Labute approximate surface area is 123 Å². The van der Waals surface area contributed by atoms with Crippen LogP contribution in [0.2, 0.25) is 5.02 Å². The topological polar surface area (TPSA) is 37.3 Å². The van der Waals surface area contributed by atoms with Crippen molar-refractivity contribution < 1.29 is 23.1 Å². The zero-order valence-corrected chi connectivity index (χ0v) is 11.6. The second-order valence-corrected chi connectivity index (χ2v) is 4.88. The molecule has 0 spiro atoms. The standard InChI is InChI=1S/C15H10ClF3O2/c1-8-5-6-11(15(17,18)19)13(16)12(8)9-3-2-4-10(7-9)14(20)21/h2-7H,1H3,(H,20,21). The number of carboxylic acids is 1. The van der Waals surface area contributed by atoms with Crippen LogP contribution in [0.1, 0.15) is 21.5 Å². The first-order chi connectivity index (χ1) is 9.71. The quantitative estimate of drug-likeness (QED) is 0.844. The minimum absolute atomic E-state index is 0.0135. The molecule has 0 unspecified atom stereocenters. The lowest BCUT2D eigenvalue weighted by Crippen LogP contribution is -2.07. The summed E-state index contributed by atoms with van der Waals surface area (Å²) in [6, 6.07) is 7.90. The molecule has 1 N–H and O–H groups in total. The monoisotopic (exact) mass is 314 g/mol. The number of benzene rings is 2. The molecule has 0 amide bonds. The molecule has 0 fully saturated rings. The second kappa shape index (κ2) is 5.41. The molecule has 0 saturated carbocycles. The van der Waals surface area contributed by atoms with Gasteiger partial charge in [-0.25, -0.2) is 4.79 Å². The highest BCUT2D eigenvalue weighted by atomic mass is 35.5. The Hall–Kier alpha value is -2.01. The summed E-state index contributed by atoms with van der Waals surface area (Å²) in [7, 11) is 0. The van der Waals surface area contributed by atoms with Crippen LogP contribution in [0.3, 0.4) is 0 Å². The first-order valence-electron chi connectivity index (χ1n) is 5.92. The predicted molar refractivity (Wildman–Crippen MR) is 73.6 cm³/mol. The second-order valence-electron chi connectivity index (χ2n) is 4.50. The van der Waals surface area contributed by atoms with Crippen LogP contribution in [0, 0.1) is 6.92 Å². The smallest absolute Gasteiger partial charge is 0.417 e. The van der Waals surface area contributed by atoms with Crippen LogP contribution in [0.4, 0.5) is 13.2 Å². The van der Waals surface area contributed by atoms with E-state index in [0.717, 1.165) is 6.07 Å². The molecule has 0 atom stereocenters. The number of hydrogen-bond donors (Lipinski definition) is 1. The number of aromatic carboxylic acids is 1. The Morgan fingerprint density at radius 1 is 1.19 bits per heavy atom. The summed E-state index contributed by atoms with van der Waals surface area (Å²) >= 11 is 5.90. The Bertz CT molecular complexity index is 709. The van der Waals surface area contributed by atoms with Crippen molar-refractivity contribution in [2.45, 2.75) is 13.1 Å². The molecule has 0 aromatic heterocycles. The molecule has 6 heteroatoms. The molecule has 2 aromatic carbocycles. The molecule has 21 heavy (non-hydrogen) atoms. The number of carbonyl (C=O) groups is 1. The van der Waals surface area contributed by atoms with Gasteiger partial charge in [0, 0.05) is 5.56 Å². The minimum Gasteiger partial charge on any atom is -0.478 e.